The van der Waals surface area contributed by atoms with Gasteiger partial charge in [0.25, 0.3) is 0 Å². The lowest BCUT2D eigenvalue weighted by atomic mass is 10.1. The first-order valence-electron chi connectivity index (χ1n) is 7.38. The van der Waals surface area contributed by atoms with E-state index in [0.29, 0.717) is 11.6 Å². The van der Waals surface area contributed by atoms with E-state index in [4.69, 9.17) is 11.6 Å². The highest BCUT2D eigenvalue weighted by atomic mass is 35.5. The summed E-state index contributed by atoms with van der Waals surface area (Å²) in [6.07, 6.45) is 0. The second kappa shape index (κ2) is 4.51. The molecule has 0 aliphatic carbocycles. The number of hydrogen-bond acceptors (Lipinski definition) is 3. The first-order chi connectivity index (χ1) is 9.95. The van der Waals surface area contributed by atoms with Crippen molar-refractivity contribution in [1.82, 2.24) is 9.80 Å². The Kier molecular flexibility index (Phi) is 2.93. The molecule has 0 aromatic heterocycles. The van der Waals surface area contributed by atoms with Crippen LogP contribution in [0.4, 0.5) is 0 Å². The van der Waals surface area contributed by atoms with E-state index in [-0.39, 0.29) is 5.78 Å². The molecule has 6 heteroatoms. The number of rotatable bonds is 3. The van der Waals surface area contributed by atoms with Crippen LogP contribution >= 0.6 is 11.6 Å². The number of Topliss-reactive ketones (excluding diaryl/α,β-unsaturated/α-hetero) is 1. The van der Waals surface area contributed by atoms with Crippen molar-refractivity contribution in [1.29, 1.82) is 0 Å². The van der Waals surface area contributed by atoms with Crippen molar-refractivity contribution in [2.45, 2.75) is 0 Å². The third-order valence-electron chi connectivity index (χ3n) is 4.77. The van der Waals surface area contributed by atoms with E-state index >= 15 is 0 Å². The summed E-state index contributed by atoms with van der Waals surface area (Å²) in [6.45, 7) is 6.95. The van der Waals surface area contributed by atoms with Crippen molar-refractivity contribution >= 4 is 17.4 Å². The molecule has 4 aliphatic heterocycles. The molecule has 2 atom stereocenters. The Morgan fingerprint density at radius 3 is 2.33 bits per heavy atom. The molecule has 4 aliphatic rings. The molecular formula is C15H21ClN4O+2. The number of nitrogens with zero attached hydrogens (tertiary/aromatic N) is 4. The van der Waals surface area contributed by atoms with Gasteiger partial charge in [0.15, 0.2) is 0 Å². The SMILES string of the molecule is C[N+]12CN3CN(C1)C[N+](CC(=O)c1ccc(Cl)cc1)(C3)C2. The van der Waals surface area contributed by atoms with Crippen LogP contribution < -0.4 is 0 Å². The number of ketones is 1. The number of carbonyl (C=O) groups excluding carboxylic acids is 1. The average Bonchev–Trinajstić information content (AvgIpc) is 2.35. The molecule has 0 radical (unpaired) electrons. The van der Waals surface area contributed by atoms with Crippen molar-refractivity contribution in [2.24, 2.45) is 0 Å². The fourth-order valence-corrected chi connectivity index (χ4v) is 4.67. The normalized spacial score (nSPS) is 40.5. The highest BCUT2D eigenvalue weighted by Gasteiger charge is 2.56. The summed E-state index contributed by atoms with van der Waals surface area (Å²) in [6, 6.07) is 7.27. The molecule has 4 bridgehead atoms. The summed E-state index contributed by atoms with van der Waals surface area (Å²) >= 11 is 5.90. The fraction of sp³-hybridized carbons (Fsp3) is 0.533. The van der Waals surface area contributed by atoms with Crippen molar-refractivity contribution in [2.75, 3.05) is 53.6 Å². The van der Waals surface area contributed by atoms with E-state index in [1.54, 1.807) is 12.1 Å². The first-order valence-corrected chi connectivity index (χ1v) is 7.75. The third kappa shape index (κ3) is 2.39. The van der Waals surface area contributed by atoms with Crippen LogP contribution in [0.2, 0.25) is 5.02 Å². The lowest BCUT2D eigenvalue weighted by molar-refractivity contribution is -1.16. The molecule has 5 nitrogen and oxygen atoms in total. The molecule has 0 spiro atoms. The zero-order chi connectivity index (χ0) is 14.7. The average molecular weight is 309 g/mol. The van der Waals surface area contributed by atoms with Gasteiger partial charge in [-0.1, -0.05) is 11.6 Å². The zero-order valence-corrected chi connectivity index (χ0v) is 13.1. The van der Waals surface area contributed by atoms with Gasteiger partial charge in [0.2, 0.25) is 12.5 Å². The maximum absolute atomic E-state index is 12.6. The minimum absolute atomic E-state index is 0.226. The molecule has 1 aromatic carbocycles. The minimum atomic E-state index is 0.226. The van der Waals surface area contributed by atoms with Gasteiger partial charge >= 0.3 is 0 Å². The molecule has 0 saturated carbocycles. The second-order valence-corrected chi connectivity index (χ2v) is 7.68. The number of benzene rings is 1. The molecule has 5 rings (SSSR count). The van der Waals surface area contributed by atoms with Crippen LogP contribution in [0, 0.1) is 0 Å². The molecule has 2 unspecified atom stereocenters. The van der Waals surface area contributed by atoms with Crippen LogP contribution in [0.5, 0.6) is 0 Å². The van der Waals surface area contributed by atoms with E-state index < -0.39 is 0 Å². The minimum Gasteiger partial charge on any atom is -0.288 e. The number of quaternary nitrogens is 2. The number of carbonyl (C=O) groups is 1. The van der Waals surface area contributed by atoms with Crippen LogP contribution in [-0.2, 0) is 0 Å². The standard InChI is InChI=1S/C15H21ClN4O/c1-19-8-17-7-18(9-19)11-20(10-17,12-19)6-15(21)13-2-4-14(16)5-3-13/h2-5H,6-12H2,1H3/q+2. The van der Waals surface area contributed by atoms with E-state index in [2.05, 4.69) is 16.8 Å². The smallest absolute Gasteiger partial charge is 0.217 e. The molecule has 4 fully saturated rings. The Morgan fingerprint density at radius 2 is 1.76 bits per heavy atom. The van der Waals surface area contributed by atoms with Crippen LogP contribution in [-0.4, -0.2) is 78.2 Å². The highest BCUT2D eigenvalue weighted by molar-refractivity contribution is 6.30. The van der Waals surface area contributed by atoms with Crippen molar-refractivity contribution in [3.05, 3.63) is 34.9 Å². The highest BCUT2D eigenvalue weighted by Crippen LogP contribution is 2.33. The van der Waals surface area contributed by atoms with Gasteiger partial charge in [0.1, 0.15) is 33.2 Å². The predicted molar refractivity (Wildman–Crippen MR) is 80.0 cm³/mol. The Balaban J connectivity index is 1.56. The Hall–Kier alpha value is -0.980. The maximum atomic E-state index is 12.6. The van der Waals surface area contributed by atoms with Crippen LogP contribution in [0.25, 0.3) is 0 Å². The Morgan fingerprint density at radius 1 is 1.14 bits per heavy atom. The fourth-order valence-electron chi connectivity index (χ4n) is 4.54. The summed E-state index contributed by atoms with van der Waals surface area (Å²) in [5, 5.41) is 0.678. The predicted octanol–water partition coefficient (Wildman–Crippen LogP) is 1.18. The van der Waals surface area contributed by atoms with Gasteiger partial charge in [-0.15, -0.1) is 0 Å². The lowest BCUT2D eigenvalue weighted by Crippen LogP contribution is -2.84. The quantitative estimate of drug-likeness (QED) is 0.619. The summed E-state index contributed by atoms with van der Waals surface area (Å²) in [4.78, 5) is 17.6. The Labute approximate surface area is 130 Å². The lowest BCUT2D eigenvalue weighted by Gasteiger charge is -2.62. The van der Waals surface area contributed by atoms with Gasteiger partial charge in [-0.3, -0.25) is 9.28 Å². The van der Waals surface area contributed by atoms with Gasteiger partial charge in [-0.05, 0) is 24.3 Å². The molecule has 21 heavy (non-hydrogen) atoms. The topological polar surface area (TPSA) is 23.6 Å². The van der Waals surface area contributed by atoms with Crippen LogP contribution in [0.1, 0.15) is 10.4 Å². The van der Waals surface area contributed by atoms with E-state index in [1.807, 2.05) is 12.1 Å². The molecule has 1 aromatic rings. The molecule has 0 N–H and O–H groups in total. The molecular weight excluding hydrogens is 288 g/mol. The number of halogens is 1. The van der Waals surface area contributed by atoms with Crippen LogP contribution in [0.15, 0.2) is 24.3 Å². The van der Waals surface area contributed by atoms with Gasteiger partial charge in [-0.25, -0.2) is 4.48 Å². The molecule has 4 heterocycles. The molecule has 0 amide bonds. The molecule has 112 valence electrons. The van der Waals surface area contributed by atoms with Gasteiger partial charge in [0.05, 0.1) is 13.7 Å². The number of hydrogen-bond donors (Lipinski definition) is 0. The summed E-state index contributed by atoms with van der Waals surface area (Å²) in [7, 11) is 2.30. The van der Waals surface area contributed by atoms with E-state index in [1.165, 1.54) is 0 Å². The monoisotopic (exact) mass is 308 g/mol. The summed E-state index contributed by atoms with van der Waals surface area (Å²) in [5.74, 6) is 0.226. The third-order valence-corrected chi connectivity index (χ3v) is 5.02. The zero-order valence-electron chi connectivity index (χ0n) is 12.3. The summed E-state index contributed by atoms with van der Waals surface area (Å²) < 4.78 is 1.91. The Bertz CT molecular complexity index is 574. The van der Waals surface area contributed by atoms with Gasteiger partial charge < -0.3 is 0 Å². The maximum Gasteiger partial charge on any atom is 0.217 e. The van der Waals surface area contributed by atoms with E-state index in [9.17, 15) is 4.79 Å². The van der Waals surface area contributed by atoms with Gasteiger partial charge in [-0.2, -0.15) is 9.80 Å². The first kappa shape index (κ1) is 13.7. The molecule has 4 saturated heterocycles. The van der Waals surface area contributed by atoms with E-state index in [0.717, 1.165) is 54.5 Å². The van der Waals surface area contributed by atoms with Crippen molar-refractivity contribution in [3.63, 3.8) is 0 Å². The largest absolute Gasteiger partial charge is 0.288 e. The van der Waals surface area contributed by atoms with Crippen LogP contribution in [0.3, 0.4) is 0 Å². The van der Waals surface area contributed by atoms with Gasteiger partial charge in [0, 0.05) is 10.6 Å². The van der Waals surface area contributed by atoms with Crippen molar-refractivity contribution < 1.29 is 13.8 Å². The van der Waals surface area contributed by atoms with Crippen molar-refractivity contribution in [3.8, 4) is 0 Å². The second-order valence-electron chi connectivity index (χ2n) is 7.24. The summed E-state index contributed by atoms with van der Waals surface area (Å²) in [5.41, 5.74) is 0.774.